The van der Waals surface area contributed by atoms with E-state index in [-0.39, 0.29) is 17.3 Å². The molecule has 0 radical (unpaired) electrons. The molecule has 7 heteroatoms. The van der Waals surface area contributed by atoms with Crippen molar-refractivity contribution >= 4 is 22.8 Å². The molecule has 1 saturated carbocycles. The molecule has 0 saturated heterocycles. The van der Waals surface area contributed by atoms with Gasteiger partial charge in [0.1, 0.15) is 5.39 Å². The molecule has 0 bridgehead atoms. The molecule has 6 nitrogen and oxygen atoms in total. The number of fused-ring (bicyclic) bond motifs is 1. The van der Waals surface area contributed by atoms with Crippen molar-refractivity contribution in [3.63, 3.8) is 0 Å². The lowest BCUT2D eigenvalue weighted by Crippen LogP contribution is -2.39. The molecule has 1 N–H and O–H groups in total. The van der Waals surface area contributed by atoms with E-state index in [9.17, 15) is 9.59 Å². The summed E-state index contributed by atoms with van der Waals surface area (Å²) in [5.41, 5.74) is -0.310. The molecule has 2 heterocycles. The van der Waals surface area contributed by atoms with Crippen molar-refractivity contribution in [2.24, 2.45) is 0 Å². The number of aromatic nitrogens is 4. The predicted molar refractivity (Wildman–Crippen MR) is 78.3 cm³/mol. The number of nitrogens with zero attached hydrogens (tertiary/aromatic N) is 3. The van der Waals surface area contributed by atoms with Gasteiger partial charge in [-0.3, -0.25) is 14.3 Å². The second kappa shape index (κ2) is 5.40. The minimum atomic E-state index is -0.361. The molecule has 0 aromatic carbocycles. The number of hydrogen-bond donors (Lipinski definition) is 1. The van der Waals surface area contributed by atoms with Gasteiger partial charge >= 0.3 is 5.69 Å². The maximum absolute atomic E-state index is 12.5. The molecule has 0 atom stereocenters. The maximum atomic E-state index is 12.5. The average molecular weight is 292 g/mol. The summed E-state index contributed by atoms with van der Waals surface area (Å²) < 4.78 is 1.35. The summed E-state index contributed by atoms with van der Waals surface area (Å²) in [5, 5.41) is 0.927. The van der Waals surface area contributed by atoms with Crippen LogP contribution in [0.5, 0.6) is 0 Å². The molecule has 2 aromatic rings. The van der Waals surface area contributed by atoms with Crippen molar-refractivity contribution < 1.29 is 0 Å². The third kappa shape index (κ3) is 2.26. The molecule has 20 heavy (non-hydrogen) atoms. The predicted octanol–water partition coefficient (Wildman–Crippen LogP) is 1.71. The third-order valence-electron chi connectivity index (χ3n) is 3.78. The van der Waals surface area contributed by atoms with Crippen LogP contribution in [0.15, 0.2) is 20.9 Å². The Kier molecular flexibility index (Phi) is 3.60. The average Bonchev–Trinajstić information content (AvgIpc) is 2.47. The van der Waals surface area contributed by atoms with Gasteiger partial charge in [0, 0.05) is 12.2 Å². The Labute approximate surface area is 119 Å². The number of nitrogens with one attached hydrogen (secondary N) is 1. The normalized spacial score (nSPS) is 16.6. The second-order valence-electron chi connectivity index (χ2n) is 5.02. The van der Waals surface area contributed by atoms with Crippen molar-refractivity contribution in [3.05, 3.63) is 27.0 Å². The first-order chi connectivity index (χ1) is 9.70. The summed E-state index contributed by atoms with van der Waals surface area (Å²) in [5.74, 6) is 0. The van der Waals surface area contributed by atoms with E-state index in [0.29, 0.717) is 16.2 Å². The zero-order chi connectivity index (χ0) is 14.1. The summed E-state index contributed by atoms with van der Waals surface area (Å²) in [4.78, 5) is 35.7. The van der Waals surface area contributed by atoms with Crippen LogP contribution < -0.4 is 11.2 Å². The largest absolute Gasteiger partial charge is 0.330 e. The van der Waals surface area contributed by atoms with Crippen molar-refractivity contribution in [3.8, 4) is 0 Å². The maximum Gasteiger partial charge on any atom is 0.330 e. The van der Waals surface area contributed by atoms with Crippen LogP contribution in [-0.2, 0) is 0 Å². The molecule has 0 spiro atoms. The summed E-state index contributed by atoms with van der Waals surface area (Å²) in [6, 6.07) is 0.00428. The van der Waals surface area contributed by atoms with Gasteiger partial charge in [-0.2, -0.15) is 0 Å². The molecule has 0 aliphatic heterocycles. The first-order valence-electron chi connectivity index (χ1n) is 6.76. The third-order valence-corrected chi connectivity index (χ3v) is 4.34. The smallest absolute Gasteiger partial charge is 0.291 e. The van der Waals surface area contributed by atoms with Crippen LogP contribution in [0, 0.1) is 0 Å². The Morgan fingerprint density at radius 1 is 1.30 bits per heavy atom. The van der Waals surface area contributed by atoms with Gasteiger partial charge in [-0.1, -0.05) is 31.0 Å². The molecule has 2 aromatic heterocycles. The quantitative estimate of drug-likeness (QED) is 0.673. The zero-order valence-corrected chi connectivity index (χ0v) is 12.1. The van der Waals surface area contributed by atoms with Crippen LogP contribution in [-0.4, -0.2) is 25.8 Å². The molecule has 1 aliphatic carbocycles. The van der Waals surface area contributed by atoms with E-state index in [1.54, 1.807) is 0 Å². The highest BCUT2D eigenvalue weighted by molar-refractivity contribution is 7.98. The van der Waals surface area contributed by atoms with Crippen molar-refractivity contribution in [1.82, 2.24) is 19.5 Å². The first-order valence-corrected chi connectivity index (χ1v) is 7.98. The van der Waals surface area contributed by atoms with Crippen LogP contribution in [0.3, 0.4) is 0 Å². The Morgan fingerprint density at radius 3 is 2.75 bits per heavy atom. The molecular weight excluding hydrogens is 276 g/mol. The highest BCUT2D eigenvalue weighted by atomic mass is 32.2. The Bertz CT molecular complexity index is 746. The van der Waals surface area contributed by atoms with Crippen LogP contribution in [0.4, 0.5) is 0 Å². The van der Waals surface area contributed by atoms with E-state index in [1.807, 2.05) is 6.26 Å². The molecule has 106 valence electrons. The number of thioether (sulfide) groups is 1. The monoisotopic (exact) mass is 292 g/mol. The van der Waals surface area contributed by atoms with Gasteiger partial charge in [-0.15, -0.1) is 0 Å². The molecule has 3 rings (SSSR count). The minimum Gasteiger partial charge on any atom is -0.291 e. The molecule has 0 unspecified atom stereocenters. The fourth-order valence-corrected chi connectivity index (χ4v) is 3.11. The van der Waals surface area contributed by atoms with Crippen molar-refractivity contribution in [2.45, 2.75) is 43.3 Å². The van der Waals surface area contributed by atoms with E-state index in [0.717, 1.165) is 25.7 Å². The summed E-state index contributed by atoms with van der Waals surface area (Å²) in [7, 11) is 0. The van der Waals surface area contributed by atoms with Gasteiger partial charge < -0.3 is 0 Å². The molecule has 1 fully saturated rings. The zero-order valence-electron chi connectivity index (χ0n) is 11.3. The standard InChI is InChI=1S/C13H16N4O2S/c1-20-12-14-7-9-10(15-12)16-13(19)17(11(9)18)8-5-3-2-4-6-8/h7-8H,2-6H2,1H3,(H,14,15,16,19). The molecule has 1 aliphatic rings. The van der Waals surface area contributed by atoms with Gasteiger partial charge in [0.2, 0.25) is 0 Å². The lowest BCUT2D eigenvalue weighted by atomic mass is 9.95. The summed E-state index contributed by atoms with van der Waals surface area (Å²) in [6.45, 7) is 0. The highest BCUT2D eigenvalue weighted by Gasteiger charge is 2.20. The lowest BCUT2D eigenvalue weighted by molar-refractivity contribution is 0.338. The van der Waals surface area contributed by atoms with E-state index in [1.165, 1.54) is 28.9 Å². The van der Waals surface area contributed by atoms with E-state index in [2.05, 4.69) is 15.0 Å². The minimum absolute atomic E-state index is 0.00428. The van der Waals surface area contributed by atoms with Gasteiger partial charge in [0.05, 0.1) is 0 Å². The van der Waals surface area contributed by atoms with E-state index in [4.69, 9.17) is 0 Å². The number of aromatic amines is 1. The van der Waals surface area contributed by atoms with Crippen LogP contribution >= 0.6 is 11.8 Å². The van der Waals surface area contributed by atoms with Gasteiger partial charge in [-0.05, 0) is 19.1 Å². The van der Waals surface area contributed by atoms with Gasteiger partial charge in [0.25, 0.3) is 5.56 Å². The number of hydrogen-bond acceptors (Lipinski definition) is 5. The van der Waals surface area contributed by atoms with Gasteiger partial charge in [0.15, 0.2) is 10.8 Å². The molecule has 0 amide bonds. The molecular formula is C13H16N4O2S. The Hall–Kier alpha value is -1.63. The fourth-order valence-electron chi connectivity index (χ4n) is 2.77. The topological polar surface area (TPSA) is 80.6 Å². The highest BCUT2D eigenvalue weighted by Crippen LogP contribution is 2.26. The SMILES string of the molecule is CSc1ncc2c(=O)n(C3CCCCC3)c(=O)[nH]c2n1. The first kappa shape index (κ1) is 13.4. The Morgan fingerprint density at radius 2 is 2.05 bits per heavy atom. The van der Waals surface area contributed by atoms with Gasteiger partial charge in [-0.25, -0.2) is 14.8 Å². The number of rotatable bonds is 2. The summed E-state index contributed by atoms with van der Waals surface area (Å²) >= 11 is 1.37. The fraction of sp³-hybridized carbons (Fsp3) is 0.538. The van der Waals surface area contributed by atoms with Crippen LogP contribution in [0.2, 0.25) is 0 Å². The van der Waals surface area contributed by atoms with Crippen molar-refractivity contribution in [2.75, 3.05) is 6.26 Å². The number of H-pyrrole nitrogens is 1. The lowest BCUT2D eigenvalue weighted by Gasteiger charge is -2.22. The van der Waals surface area contributed by atoms with E-state index < -0.39 is 0 Å². The van der Waals surface area contributed by atoms with Crippen LogP contribution in [0.25, 0.3) is 11.0 Å². The van der Waals surface area contributed by atoms with Crippen LogP contribution in [0.1, 0.15) is 38.1 Å². The van der Waals surface area contributed by atoms with Crippen molar-refractivity contribution in [1.29, 1.82) is 0 Å². The second-order valence-corrected chi connectivity index (χ2v) is 5.79. The summed E-state index contributed by atoms with van der Waals surface area (Å²) in [6.07, 6.45) is 8.44. The van der Waals surface area contributed by atoms with E-state index >= 15 is 0 Å². The Balaban J connectivity index is 2.19.